The molecule has 0 bridgehead atoms. The van der Waals surface area contributed by atoms with E-state index in [9.17, 15) is 5.26 Å². The van der Waals surface area contributed by atoms with Gasteiger partial charge in [0.05, 0.1) is 35.0 Å². The lowest BCUT2D eigenvalue weighted by molar-refractivity contribution is 0.103. The van der Waals surface area contributed by atoms with Gasteiger partial charge in [0.2, 0.25) is 0 Å². The summed E-state index contributed by atoms with van der Waals surface area (Å²) >= 11 is 0. The SMILES string of the molecule is CCc1ccc(-c2cnn3cc(Nc4ccc(CN5CC(C)C5)nn4)ccc23)nc1-n1nc(C#N)cc1C. The second kappa shape index (κ2) is 9.68. The van der Waals surface area contributed by atoms with Crippen molar-refractivity contribution in [3.8, 4) is 23.1 Å². The van der Waals surface area contributed by atoms with Crippen molar-refractivity contribution >= 4 is 17.0 Å². The van der Waals surface area contributed by atoms with E-state index in [1.165, 1.54) is 0 Å². The van der Waals surface area contributed by atoms with E-state index >= 15 is 0 Å². The van der Waals surface area contributed by atoms with Gasteiger partial charge in [-0.1, -0.05) is 19.9 Å². The van der Waals surface area contributed by atoms with Crippen LogP contribution in [0.25, 0.3) is 22.6 Å². The number of rotatable bonds is 7. The number of nitriles is 1. The van der Waals surface area contributed by atoms with Crippen LogP contribution in [-0.4, -0.2) is 52.6 Å². The lowest BCUT2D eigenvalue weighted by Crippen LogP contribution is -2.44. The van der Waals surface area contributed by atoms with Crippen molar-refractivity contribution in [2.45, 2.75) is 33.7 Å². The minimum absolute atomic E-state index is 0.373. The van der Waals surface area contributed by atoms with Gasteiger partial charge in [-0.3, -0.25) is 4.90 Å². The van der Waals surface area contributed by atoms with E-state index in [2.05, 4.69) is 56.6 Å². The van der Waals surface area contributed by atoms with Crippen molar-refractivity contribution in [1.82, 2.24) is 39.5 Å². The van der Waals surface area contributed by atoms with Crippen LogP contribution in [-0.2, 0) is 13.0 Å². The quantitative estimate of drug-likeness (QED) is 0.349. The van der Waals surface area contributed by atoms with Gasteiger partial charge < -0.3 is 5.32 Å². The molecule has 1 aliphatic rings. The van der Waals surface area contributed by atoms with Gasteiger partial charge in [0.1, 0.15) is 6.07 Å². The number of likely N-dealkylation sites (tertiary alicyclic amines) is 1. The number of nitrogens with zero attached hydrogens (tertiary/aromatic N) is 9. The van der Waals surface area contributed by atoms with Crippen molar-refractivity contribution in [1.29, 1.82) is 5.26 Å². The number of aryl methyl sites for hydroxylation is 2. The second-order valence-electron chi connectivity index (χ2n) is 9.87. The van der Waals surface area contributed by atoms with Crippen LogP contribution in [0.1, 0.15) is 36.5 Å². The molecule has 5 aromatic rings. The van der Waals surface area contributed by atoms with Gasteiger partial charge in [-0.05, 0) is 61.2 Å². The van der Waals surface area contributed by atoms with Crippen LogP contribution >= 0.6 is 0 Å². The number of hydrogen-bond donors (Lipinski definition) is 1. The van der Waals surface area contributed by atoms with Gasteiger partial charge >= 0.3 is 0 Å². The molecule has 0 aromatic carbocycles. The highest BCUT2D eigenvalue weighted by atomic mass is 15.3. The first-order chi connectivity index (χ1) is 18.5. The topological polar surface area (TPSA) is 113 Å². The zero-order valence-corrected chi connectivity index (χ0v) is 21.6. The molecule has 0 amide bonds. The third kappa shape index (κ3) is 4.48. The number of nitrogens with one attached hydrogen (secondary N) is 1. The Morgan fingerprint density at radius 2 is 1.97 bits per heavy atom. The second-order valence-corrected chi connectivity index (χ2v) is 9.87. The maximum Gasteiger partial charge on any atom is 0.163 e. The summed E-state index contributed by atoms with van der Waals surface area (Å²) < 4.78 is 3.57. The molecule has 1 N–H and O–H groups in total. The van der Waals surface area contributed by atoms with E-state index in [0.717, 1.165) is 77.2 Å². The summed E-state index contributed by atoms with van der Waals surface area (Å²) in [6.45, 7) is 9.36. The first-order valence-electron chi connectivity index (χ1n) is 12.8. The molecule has 5 aromatic heterocycles. The zero-order chi connectivity index (χ0) is 26.2. The van der Waals surface area contributed by atoms with Crippen molar-refractivity contribution < 1.29 is 0 Å². The standard InChI is InChI=1S/C28H28N10/c1-4-20-5-8-25(32-28(20)38-19(3)11-23(12-29)35-38)24-13-30-37-17-21(6-9-26(24)37)31-27-10-7-22(33-34-27)16-36-14-18(2)15-36/h5-11,13,17-18H,4,14-16H2,1-3H3,(H,31,34). The molecule has 0 atom stereocenters. The van der Waals surface area contributed by atoms with Crippen LogP contribution in [0.3, 0.4) is 0 Å². The molecule has 0 aliphatic carbocycles. The van der Waals surface area contributed by atoms with Crippen LogP contribution in [0.15, 0.2) is 54.9 Å². The number of aromatic nitrogens is 7. The third-order valence-electron chi connectivity index (χ3n) is 6.85. The van der Waals surface area contributed by atoms with Crippen molar-refractivity contribution in [3.63, 3.8) is 0 Å². The van der Waals surface area contributed by atoms with Gasteiger partial charge in [-0.2, -0.15) is 20.6 Å². The summed E-state index contributed by atoms with van der Waals surface area (Å²) in [5, 5.41) is 30.3. The van der Waals surface area contributed by atoms with E-state index in [-0.39, 0.29) is 0 Å². The predicted octanol–water partition coefficient (Wildman–Crippen LogP) is 4.31. The molecular weight excluding hydrogens is 476 g/mol. The fourth-order valence-corrected chi connectivity index (χ4v) is 4.93. The molecule has 38 heavy (non-hydrogen) atoms. The molecule has 190 valence electrons. The van der Waals surface area contributed by atoms with Gasteiger partial charge in [-0.15, -0.1) is 5.10 Å². The number of anilines is 2. The molecule has 6 rings (SSSR count). The Morgan fingerprint density at radius 1 is 1.11 bits per heavy atom. The zero-order valence-electron chi connectivity index (χ0n) is 21.6. The first-order valence-corrected chi connectivity index (χ1v) is 12.8. The van der Waals surface area contributed by atoms with Crippen LogP contribution in [0.5, 0.6) is 0 Å². The van der Waals surface area contributed by atoms with E-state index in [1.54, 1.807) is 10.7 Å². The summed E-state index contributed by atoms with van der Waals surface area (Å²) in [6, 6.07) is 15.9. The predicted molar refractivity (Wildman–Crippen MR) is 144 cm³/mol. The molecule has 0 saturated carbocycles. The highest BCUT2D eigenvalue weighted by molar-refractivity contribution is 5.79. The molecule has 0 radical (unpaired) electrons. The minimum Gasteiger partial charge on any atom is -0.337 e. The van der Waals surface area contributed by atoms with Crippen molar-refractivity contribution in [3.05, 3.63) is 77.5 Å². The van der Waals surface area contributed by atoms with Gasteiger partial charge in [0.25, 0.3) is 0 Å². The Bertz CT molecular complexity index is 1650. The average Bonchev–Trinajstić information content (AvgIpc) is 3.51. The Labute approximate surface area is 220 Å². The minimum atomic E-state index is 0.373. The highest BCUT2D eigenvalue weighted by Gasteiger charge is 2.22. The van der Waals surface area contributed by atoms with E-state index in [4.69, 9.17) is 4.98 Å². The molecular formula is C28H28N10. The molecule has 6 heterocycles. The lowest BCUT2D eigenvalue weighted by atomic mass is 10.0. The van der Waals surface area contributed by atoms with Gasteiger partial charge in [0.15, 0.2) is 17.3 Å². The normalized spacial score (nSPS) is 13.9. The average molecular weight is 505 g/mol. The smallest absolute Gasteiger partial charge is 0.163 e. The fraction of sp³-hybridized carbons (Fsp3) is 0.286. The fourth-order valence-electron chi connectivity index (χ4n) is 4.93. The molecule has 1 aliphatic heterocycles. The largest absolute Gasteiger partial charge is 0.337 e. The highest BCUT2D eigenvalue weighted by Crippen LogP contribution is 2.28. The molecule has 10 heteroatoms. The number of hydrogen-bond acceptors (Lipinski definition) is 8. The monoisotopic (exact) mass is 504 g/mol. The van der Waals surface area contributed by atoms with E-state index < -0.39 is 0 Å². The molecule has 1 saturated heterocycles. The summed E-state index contributed by atoms with van der Waals surface area (Å²) in [6.07, 6.45) is 4.54. The van der Waals surface area contributed by atoms with Gasteiger partial charge in [0, 0.05) is 30.9 Å². The van der Waals surface area contributed by atoms with E-state index in [0.29, 0.717) is 11.5 Å². The van der Waals surface area contributed by atoms with Crippen LogP contribution in [0.4, 0.5) is 11.5 Å². The first kappa shape index (κ1) is 23.8. The van der Waals surface area contributed by atoms with Crippen LogP contribution < -0.4 is 5.32 Å². The Morgan fingerprint density at radius 3 is 2.68 bits per heavy atom. The maximum absolute atomic E-state index is 9.28. The molecule has 0 unspecified atom stereocenters. The van der Waals surface area contributed by atoms with Crippen LogP contribution in [0.2, 0.25) is 0 Å². The summed E-state index contributed by atoms with van der Waals surface area (Å²) in [5.41, 5.74) is 6.76. The Balaban J connectivity index is 1.25. The Hall–Kier alpha value is -4.62. The lowest BCUT2D eigenvalue weighted by Gasteiger charge is -2.36. The summed E-state index contributed by atoms with van der Waals surface area (Å²) in [7, 11) is 0. The van der Waals surface area contributed by atoms with Crippen molar-refractivity contribution in [2.75, 3.05) is 18.4 Å². The van der Waals surface area contributed by atoms with Crippen LogP contribution in [0, 0.1) is 24.2 Å². The van der Waals surface area contributed by atoms with Crippen molar-refractivity contribution in [2.24, 2.45) is 5.92 Å². The molecule has 1 fully saturated rings. The molecule has 0 spiro atoms. The summed E-state index contributed by atoms with van der Waals surface area (Å²) in [5.74, 6) is 2.19. The third-order valence-corrected chi connectivity index (χ3v) is 6.85. The Kier molecular flexibility index (Phi) is 6.05. The number of fused-ring (bicyclic) bond motifs is 1. The maximum atomic E-state index is 9.28. The van der Waals surface area contributed by atoms with Gasteiger partial charge in [-0.25, -0.2) is 14.2 Å². The van der Waals surface area contributed by atoms with E-state index in [1.807, 2.05) is 54.2 Å². The summed E-state index contributed by atoms with van der Waals surface area (Å²) in [4.78, 5) is 7.32. The number of pyridine rings is 2. The molecule has 10 nitrogen and oxygen atoms in total.